The van der Waals surface area contributed by atoms with Gasteiger partial charge in [0.1, 0.15) is 0 Å². The fourth-order valence-electron chi connectivity index (χ4n) is 1.17. The Labute approximate surface area is 110 Å². The summed E-state index contributed by atoms with van der Waals surface area (Å²) in [5, 5.41) is 0. The summed E-state index contributed by atoms with van der Waals surface area (Å²) < 4.78 is 0. The summed E-state index contributed by atoms with van der Waals surface area (Å²) in [6.07, 6.45) is 0. The van der Waals surface area contributed by atoms with Crippen LogP contribution in [0.2, 0.25) is 24.4 Å². The van der Waals surface area contributed by atoms with Gasteiger partial charge in [-0.3, -0.25) is 0 Å². The van der Waals surface area contributed by atoms with Crippen LogP contribution in [0.25, 0.3) is 0 Å². The lowest BCUT2D eigenvalue weighted by Crippen LogP contribution is -2.49. The molecule has 13 heavy (non-hydrogen) atoms. The molecule has 0 saturated heterocycles. The van der Waals surface area contributed by atoms with E-state index >= 15 is 0 Å². The smallest absolute Gasteiger partial charge is 0.126 e. The molecule has 0 radical (unpaired) electrons. The highest BCUT2D eigenvalue weighted by Crippen LogP contribution is 2.50. The highest BCUT2D eigenvalue weighted by atomic mass is 35.8. The monoisotopic (exact) mass is 352 g/mol. The second-order valence-corrected chi connectivity index (χ2v) is 28.5. The van der Waals surface area contributed by atoms with Crippen molar-refractivity contribution in [3.05, 3.63) is 0 Å². The fraction of sp³-hybridized carbons (Fsp3) is 1.00. The van der Waals surface area contributed by atoms with E-state index in [1.54, 1.807) is 0 Å². The molecule has 0 atom stereocenters. The molecule has 0 amide bonds. The predicted molar refractivity (Wildman–Crippen MR) is 73.7 cm³/mol. The SMILES string of the molecule is C[Si](C)(C)C([Si](Cl)(Cl)Cl)[Si](Cl)(Cl)Cl. The molecule has 0 aliphatic heterocycles. The van der Waals surface area contributed by atoms with Crippen LogP contribution in [0.4, 0.5) is 0 Å². The van der Waals surface area contributed by atoms with E-state index in [0.717, 1.165) is 0 Å². The van der Waals surface area contributed by atoms with Crippen LogP contribution in [-0.2, 0) is 0 Å². The highest BCUT2D eigenvalue weighted by Gasteiger charge is 2.57. The molecule has 80 valence electrons. The van der Waals surface area contributed by atoms with Gasteiger partial charge in [-0.05, 0) is 0 Å². The zero-order valence-corrected chi connectivity index (χ0v) is 14.9. The van der Waals surface area contributed by atoms with Crippen molar-refractivity contribution >= 4 is 86.6 Å². The number of rotatable bonds is 3. The number of hydrogen-bond donors (Lipinski definition) is 0. The molecule has 0 N–H and O–H groups in total. The Morgan fingerprint density at radius 3 is 0.923 bits per heavy atom. The molecule has 0 nitrogen and oxygen atoms in total. The van der Waals surface area contributed by atoms with Crippen molar-refractivity contribution in [3.8, 4) is 0 Å². The summed E-state index contributed by atoms with van der Waals surface area (Å²) in [7, 11) is -1.73. The van der Waals surface area contributed by atoms with Crippen molar-refractivity contribution < 1.29 is 0 Å². The lowest BCUT2D eigenvalue weighted by Gasteiger charge is -2.36. The van der Waals surface area contributed by atoms with Gasteiger partial charge < -0.3 is 0 Å². The van der Waals surface area contributed by atoms with Crippen LogP contribution in [0.1, 0.15) is 0 Å². The first kappa shape index (κ1) is 15.4. The van der Waals surface area contributed by atoms with Gasteiger partial charge in [-0.15, -0.1) is 66.5 Å². The van der Waals surface area contributed by atoms with E-state index in [1.807, 2.05) is 0 Å². The van der Waals surface area contributed by atoms with Crippen LogP contribution >= 0.6 is 66.5 Å². The molecule has 0 saturated carbocycles. The standard InChI is InChI=1S/C4H10Cl6Si3/c1-11(2,3)4(12(5,6)7)13(8,9)10/h4H,1-3H3. The van der Waals surface area contributed by atoms with Crippen LogP contribution < -0.4 is 0 Å². The Morgan fingerprint density at radius 2 is 0.923 bits per heavy atom. The van der Waals surface area contributed by atoms with Crippen LogP contribution in [0.3, 0.4) is 0 Å². The van der Waals surface area contributed by atoms with Gasteiger partial charge in [-0.2, -0.15) is 0 Å². The second kappa shape index (κ2) is 4.72. The summed E-state index contributed by atoms with van der Waals surface area (Å²) >= 11 is 35.7. The third kappa shape index (κ3) is 5.31. The first-order valence-electron chi connectivity index (χ1n) is 3.50. The molecule has 0 aromatic rings. The Morgan fingerprint density at radius 1 is 0.692 bits per heavy atom. The lowest BCUT2D eigenvalue weighted by molar-refractivity contribution is 1.53. The quantitative estimate of drug-likeness (QED) is 0.489. The Balaban J connectivity index is 5.02. The van der Waals surface area contributed by atoms with Gasteiger partial charge in [0.05, 0.1) is 8.07 Å². The minimum atomic E-state index is -2.91. The molecule has 0 spiro atoms. The van der Waals surface area contributed by atoms with E-state index in [-0.39, 0.29) is 4.79 Å². The lowest BCUT2D eigenvalue weighted by atomic mass is 11.7. The maximum atomic E-state index is 5.95. The number of halogens is 6. The topological polar surface area (TPSA) is 0 Å². The van der Waals surface area contributed by atoms with Gasteiger partial charge in [-0.25, -0.2) is 0 Å². The molecule has 0 fully saturated rings. The molecule has 0 aliphatic carbocycles. The van der Waals surface area contributed by atoms with Crippen molar-refractivity contribution in [3.63, 3.8) is 0 Å². The van der Waals surface area contributed by atoms with Crippen LogP contribution in [0, 0.1) is 0 Å². The first-order chi connectivity index (χ1) is 5.37. The van der Waals surface area contributed by atoms with E-state index in [1.165, 1.54) is 0 Å². The Kier molecular flexibility index (Phi) is 5.58. The first-order valence-corrected chi connectivity index (χ1v) is 17.3. The largest absolute Gasteiger partial charge is 0.342 e. The molecule has 0 unspecified atom stereocenters. The van der Waals surface area contributed by atoms with E-state index in [4.69, 9.17) is 66.5 Å². The van der Waals surface area contributed by atoms with Gasteiger partial charge in [0.25, 0.3) is 0 Å². The normalized spacial score (nSPS) is 15.2. The van der Waals surface area contributed by atoms with E-state index in [2.05, 4.69) is 19.6 Å². The van der Waals surface area contributed by atoms with Crippen LogP contribution in [-0.4, -0.2) is 20.1 Å². The third-order valence-corrected chi connectivity index (χ3v) is 25.5. The van der Waals surface area contributed by atoms with E-state index < -0.39 is 20.1 Å². The molecule has 0 rings (SSSR count). The van der Waals surface area contributed by atoms with Crippen molar-refractivity contribution in [2.24, 2.45) is 0 Å². The minimum Gasteiger partial charge on any atom is -0.126 e. The zero-order valence-electron chi connectivity index (χ0n) is 7.35. The molecule has 0 bridgehead atoms. The average Bonchev–Trinajstić information content (AvgIpc) is 1.44. The molecule has 9 heteroatoms. The summed E-state index contributed by atoms with van der Waals surface area (Å²) in [6.45, 7) is 6.17. The summed E-state index contributed by atoms with van der Waals surface area (Å²) in [5.41, 5.74) is 0. The Bertz CT molecular complexity index is 143. The third-order valence-electron chi connectivity index (χ3n) is 1.52. The van der Waals surface area contributed by atoms with E-state index in [0.29, 0.717) is 0 Å². The molecule has 0 heterocycles. The molecular weight excluding hydrogens is 345 g/mol. The molecule has 0 aromatic carbocycles. The molecule has 0 aliphatic rings. The van der Waals surface area contributed by atoms with Gasteiger partial charge in [-0.1, -0.05) is 19.6 Å². The van der Waals surface area contributed by atoms with Gasteiger partial charge in [0.15, 0.2) is 0 Å². The highest BCUT2D eigenvalue weighted by molar-refractivity contribution is 7.78. The zero-order chi connectivity index (χ0) is 11.1. The summed E-state index contributed by atoms with van der Waals surface area (Å²) in [6, 6.07) is -5.83. The molecule has 0 aromatic heterocycles. The van der Waals surface area contributed by atoms with Crippen molar-refractivity contribution in [2.45, 2.75) is 24.4 Å². The van der Waals surface area contributed by atoms with Crippen LogP contribution in [0.15, 0.2) is 0 Å². The van der Waals surface area contributed by atoms with Gasteiger partial charge in [0, 0.05) is 4.79 Å². The van der Waals surface area contributed by atoms with Crippen molar-refractivity contribution in [2.75, 3.05) is 0 Å². The predicted octanol–water partition coefficient (Wildman–Crippen LogP) is 5.08. The maximum absolute atomic E-state index is 5.95. The minimum absolute atomic E-state index is 0.262. The summed E-state index contributed by atoms with van der Waals surface area (Å²) in [5.74, 6) is 0. The molecular formula is C4H10Cl6Si3. The van der Waals surface area contributed by atoms with Gasteiger partial charge >= 0.3 is 12.0 Å². The average molecular weight is 355 g/mol. The van der Waals surface area contributed by atoms with Crippen LogP contribution in [0.5, 0.6) is 0 Å². The fourth-order valence-corrected chi connectivity index (χ4v) is 41.5. The second-order valence-electron chi connectivity index (χ2n) is 3.88. The number of hydrogen-bond acceptors (Lipinski definition) is 0. The van der Waals surface area contributed by atoms with Crippen molar-refractivity contribution in [1.82, 2.24) is 0 Å². The maximum Gasteiger partial charge on any atom is 0.342 e. The van der Waals surface area contributed by atoms with E-state index in [9.17, 15) is 0 Å². The summed E-state index contributed by atoms with van der Waals surface area (Å²) in [4.78, 5) is -0.262. The van der Waals surface area contributed by atoms with Crippen molar-refractivity contribution in [1.29, 1.82) is 0 Å². The Hall–Kier alpha value is 2.39. The van der Waals surface area contributed by atoms with Gasteiger partial charge in [0.2, 0.25) is 0 Å².